The van der Waals surface area contributed by atoms with E-state index in [1.54, 1.807) is 0 Å². The second kappa shape index (κ2) is 6.40. The Balaban J connectivity index is 2.42. The van der Waals surface area contributed by atoms with E-state index in [-0.39, 0.29) is 16.6 Å². The molecular formula is C13H9F4NO4S2. The second-order valence-electron chi connectivity index (χ2n) is 4.40. The van der Waals surface area contributed by atoms with Crippen molar-refractivity contribution in [2.24, 2.45) is 0 Å². The van der Waals surface area contributed by atoms with E-state index in [1.807, 2.05) is 4.72 Å². The predicted octanol–water partition coefficient (Wildman–Crippen LogP) is 3.49. The monoisotopic (exact) mass is 383 g/mol. The molecule has 0 spiro atoms. The molecule has 0 aliphatic carbocycles. The smallest absolute Gasteiger partial charge is 0.419 e. The molecule has 0 amide bonds. The molecule has 2 aromatic rings. The number of rotatable bonds is 4. The molecule has 1 aromatic carbocycles. The SMILES string of the molecule is COC(=O)c1sccc1NS(=O)(=O)c1ccc(F)c(C(F)(F)F)c1. The van der Waals surface area contributed by atoms with Crippen LogP contribution in [0, 0.1) is 5.82 Å². The van der Waals surface area contributed by atoms with Crippen molar-refractivity contribution in [1.29, 1.82) is 0 Å². The summed E-state index contributed by atoms with van der Waals surface area (Å²) in [5.41, 5.74) is -1.85. The highest BCUT2D eigenvalue weighted by molar-refractivity contribution is 7.92. The number of alkyl halides is 3. The molecule has 0 radical (unpaired) electrons. The Morgan fingerprint density at radius 3 is 2.50 bits per heavy atom. The van der Waals surface area contributed by atoms with Crippen molar-refractivity contribution in [2.45, 2.75) is 11.1 Å². The fourth-order valence-corrected chi connectivity index (χ4v) is 3.66. The second-order valence-corrected chi connectivity index (χ2v) is 7.00. The molecule has 24 heavy (non-hydrogen) atoms. The molecule has 5 nitrogen and oxygen atoms in total. The number of thiophene rings is 1. The van der Waals surface area contributed by atoms with Gasteiger partial charge < -0.3 is 4.74 Å². The summed E-state index contributed by atoms with van der Waals surface area (Å²) in [6.07, 6.45) is -5.05. The van der Waals surface area contributed by atoms with Crippen LogP contribution in [0.25, 0.3) is 0 Å². The Labute approximate surface area is 137 Å². The first-order valence-electron chi connectivity index (χ1n) is 6.11. The fraction of sp³-hybridized carbons (Fsp3) is 0.154. The number of hydrogen-bond acceptors (Lipinski definition) is 5. The Hall–Kier alpha value is -2.14. The van der Waals surface area contributed by atoms with Gasteiger partial charge in [0.05, 0.1) is 23.3 Å². The number of carbonyl (C=O) groups is 1. The van der Waals surface area contributed by atoms with Gasteiger partial charge in [0.1, 0.15) is 10.7 Å². The van der Waals surface area contributed by atoms with Crippen molar-refractivity contribution < 1.29 is 35.5 Å². The summed E-state index contributed by atoms with van der Waals surface area (Å²) in [4.78, 5) is 10.6. The zero-order valence-electron chi connectivity index (χ0n) is 11.8. The third-order valence-electron chi connectivity index (χ3n) is 2.83. The molecule has 11 heteroatoms. The molecule has 0 saturated carbocycles. The molecule has 1 heterocycles. The number of hydrogen-bond donors (Lipinski definition) is 1. The van der Waals surface area contributed by atoms with Gasteiger partial charge in [-0.05, 0) is 29.6 Å². The summed E-state index contributed by atoms with van der Waals surface area (Å²) in [5, 5.41) is 1.40. The first kappa shape index (κ1) is 18.2. The molecule has 130 valence electrons. The van der Waals surface area contributed by atoms with Crippen LogP contribution in [-0.4, -0.2) is 21.5 Å². The van der Waals surface area contributed by atoms with Crippen LogP contribution in [0.2, 0.25) is 0 Å². The van der Waals surface area contributed by atoms with Gasteiger partial charge in [-0.1, -0.05) is 0 Å². The van der Waals surface area contributed by atoms with E-state index in [9.17, 15) is 30.8 Å². The van der Waals surface area contributed by atoms with Gasteiger partial charge in [-0.2, -0.15) is 13.2 Å². The topological polar surface area (TPSA) is 72.5 Å². The molecule has 0 unspecified atom stereocenters. The van der Waals surface area contributed by atoms with E-state index in [1.165, 1.54) is 11.4 Å². The van der Waals surface area contributed by atoms with Gasteiger partial charge >= 0.3 is 12.1 Å². The van der Waals surface area contributed by atoms with Crippen molar-refractivity contribution in [1.82, 2.24) is 0 Å². The van der Waals surface area contributed by atoms with Crippen LogP contribution in [0.5, 0.6) is 0 Å². The minimum atomic E-state index is -5.05. The number of methoxy groups -OCH3 is 1. The minimum Gasteiger partial charge on any atom is -0.465 e. The van der Waals surface area contributed by atoms with Crippen molar-refractivity contribution >= 4 is 33.0 Å². The van der Waals surface area contributed by atoms with Crippen molar-refractivity contribution in [2.75, 3.05) is 11.8 Å². The van der Waals surface area contributed by atoms with Crippen LogP contribution in [0.15, 0.2) is 34.5 Å². The Morgan fingerprint density at radius 1 is 1.25 bits per heavy atom. The predicted molar refractivity (Wildman–Crippen MR) is 77.9 cm³/mol. The van der Waals surface area contributed by atoms with Crippen molar-refractivity contribution in [3.8, 4) is 0 Å². The Kier molecular flexibility index (Phi) is 4.85. The van der Waals surface area contributed by atoms with Crippen molar-refractivity contribution in [3.63, 3.8) is 0 Å². The van der Waals surface area contributed by atoms with E-state index in [4.69, 9.17) is 0 Å². The number of carbonyl (C=O) groups excluding carboxylic acids is 1. The largest absolute Gasteiger partial charge is 0.465 e. The summed E-state index contributed by atoms with van der Waals surface area (Å²) < 4.78 is 82.2. The molecule has 0 atom stereocenters. The highest BCUT2D eigenvalue weighted by Gasteiger charge is 2.35. The number of esters is 1. The number of benzene rings is 1. The maximum atomic E-state index is 13.3. The Bertz CT molecular complexity index is 874. The van der Waals surface area contributed by atoms with Crippen LogP contribution in [0.4, 0.5) is 23.2 Å². The lowest BCUT2D eigenvalue weighted by Crippen LogP contribution is -2.16. The van der Waals surface area contributed by atoms with Crippen LogP contribution < -0.4 is 4.72 Å². The maximum absolute atomic E-state index is 13.3. The molecule has 1 N–H and O–H groups in total. The summed E-state index contributed by atoms with van der Waals surface area (Å²) in [6.45, 7) is 0. The first-order valence-corrected chi connectivity index (χ1v) is 8.48. The van der Waals surface area contributed by atoms with Crippen LogP contribution >= 0.6 is 11.3 Å². The lowest BCUT2D eigenvalue weighted by molar-refractivity contribution is -0.140. The highest BCUT2D eigenvalue weighted by Crippen LogP contribution is 2.33. The maximum Gasteiger partial charge on any atom is 0.419 e. The molecule has 0 aliphatic rings. The van der Waals surface area contributed by atoms with Crippen LogP contribution in [0.1, 0.15) is 15.2 Å². The summed E-state index contributed by atoms with van der Waals surface area (Å²) in [5.74, 6) is -2.40. The van der Waals surface area contributed by atoms with Gasteiger partial charge in [0, 0.05) is 0 Å². The average Bonchev–Trinajstić information content (AvgIpc) is 2.92. The van der Waals surface area contributed by atoms with E-state index in [0.717, 1.165) is 18.4 Å². The minimum absolute atomic E-state index is 0.0702. The molecule has 0 fully saturated rings. The zero-order valence-corrected chi connectivity index (χ0v) is 13.5. The van der Waals surface area contributed by atoms with Gasteiger partial charge in [0.2, 0.25) is 0 Å². The highest BCUT2D eigenvalue weighted by atomic mass is 32.2. The van der Waals surface area contributed by atoms with E-state index in [2.05, 4.69) is 4.74 Å². The average molecular weight is 383 g/mol. The van der Waals surface area contributed by atoms with E-state index < -0.39 is 38.4 Å². The third kappa shape index (κ3) is 3.67. The first-order chi connectivity index (χ1) is 11.1. The third-order valence-corrected chi connectivity index (χ3v) is 5.09. The summed E-state index contributed by atoms with van der Waals surface area (Å²) in [7, 11) is -3.37. The molecule has 2 rings (SSSR count). The van der Waals surface area contributed by atoms with E-state index in [0.29, 0.717) is 12.1 Å². The van der Waals surface area contributed by atoms with Crippen LogP contribution in [-0.2, 0) is 20.9 Å². The molecule has 1 aromatic heterocycles. The number of sulfonamides is 1. The normalized spacial score (nSPS) is 12.0. The number of anilines is 1. The molecule has 0 bridgehead atoms. The van der Waals surface area contributed by atoms with E-state index >= 15 is 0 Å². The number of halogens is 4. The summed E-state index contributed by atoms with van der Waals surface area (Å²) >= 11 is 0.886. The van der Waals surface area contributed by atoms with Crippen LogP contribution in [0.3, 0.4) is 0 Å². The fourth-order valence-electron chi connectivity index (χ4n) is 1.73. The quantitative estimate of drug-likeness (QED) is 0.648. The summed E-state index contributed by atoms with van der Waals surface area (Å²) in [6, 6.07) is 2.54. The van der Waals surface area contributed by atoms with Gasteiger partial charge in [-0.3, -0.25) is 4.72 Å². The lowest BCUT2D eigenvalue weighted by atomic mass is 10.2. The van der Waals surface area contributed by atoms with Gasteiger partial charge in [-0.25, -0.2) is 17.6 Å². The standard InChI is InChI=1S/C13H9F4NO4S2/c1-22-12(19)11-10(4-5-23-11)18-24(20,21)7-2-3-9(14)8(6-7)13(15,16)17/h2-6,18H,1H3. The molecule has 0 saturated heterocycles. The van der Waals surface area contributed by atoms with Gasteiger partial charge in [0.25, 0.3) is 10.0 Å². The molecular weight excluding hydrogens is 374 g/mol. The van der Waals surface area contributed by atoms with Gasteiger partial charge in [-0.15, -0.1) is 11.3 Å². The van der Waals surface area contributed by atoms with Crippen molar-refractivity contribution in [3.05, 3.63) is 45.9 Å². The number of nitrogens with one attached hydrogen (secondary N) is 1. The van der Waals surface area contributed by atoms with Gasteiger partial charge in [0.15, 0.2) is 0 Å². The molecule has 0 aliphatic heterocycles. The number of ether oxygens (including phenoxy) is 1. The Morgan fingerprint density at radius 2 is 1.92 bits per heavy atom. The lowest BCUT2D eigenvalue weighted by Gasteiger charge is -2.12. The zero-order chi connectivity index (χ0) is 18.1.